The summed E-state index contributed by atoms with van der Waals surface area (Å²) in [6.45, 7) is 3.80. The van der Waals surface area contributed by atoms with Crippen LogP contribution in [0.2, 0.25) is 0 Å². The molecule has 0 unspecified atom stereocenters. The zero-order chi connectivity index (χ0) is 14.1. The Morgan fingerprint density at radius 3 is 3.00 bits per heavy atom. The van der Waals surface area contributed by atoms with Gasteiger partial charge in [0.25, 0.3) is 5.91 Å². The smallest absolute Gasteiger partial charge is 0.254 e. The van der Waals surface area contributed by atoms with Crippen molar-refractivity contribution in [3.05, 3.63) is 41.5 Å². The molecule has 104 valence electrons. The summed E-state index contributed by atoms with van der Waals surface area (Å²) >= 11 is 0. The van der Waals surface area contributed by atoms with Crippen molar-refractivity contribution < 1.29 is 4.79 Å². The Hall–Kier alpha value is -2.41. The normalized spacial score (nSPS) is 14.0. The van der Waals surface area contributed by atoms with E-state index in [1.54, 1.807) is 23.4 Å². The lowest BCUT2D eigenvalue weighted by molar-refractivity contribution is 0.0707. The van der Waals surface area contributed by atoms with Gasteiger partial charge in [-0.25, -0.2) is 0 Å². The van der Waals surface area contributed by atoms with Gasteiger partial charge in [-0.2, -0.15) is 0 Å². The van der Waals surface area contributed by atoms with Crippen molar-refractivity contribution in [2.75, 3.05) is 12.0 Å². The van der Waals surface area contributed by atoms with Crippen LogP contribution in [0.25, 0.3) is 0 Å². The number of aromatic nitrogens is 3. The number of nitrogens with one attached hydrogen (secondary N) is 1. The number of anilines is 1. The number of hydrogen-bond donors (Lipinski definition) is 2. The highest BCUT2D eigenvalue weighted by Gasteiger charge is 2.23. The highest BCUT2D eigenvalue weighted by molar-refractivity contribution is 5.96. The first kappa shape index (κ1) is 12.6. The number of fused-ring (bicyclic) bond motifs is 1. The molecule has 7 nitrogen and oxygen atoms in total. The highest BCUT2D eigenvalue weighted by Crippen LogP contribution is 2.18. The summed E-state index contributed by atoms with van der Waals surface area (Å²) < 4.78 is 1.97. The molecule has 0 fully saturated rings. The van der Waals surface area contributed by atoms with E-state index in [4.69, 9.17) is 5.84 Å². The summed E-state index contributed by atoms with van der Waals surface area (Å²) in [7, 11) is 0. The average Bonchev–Trinajstić information content (AvgIpc) is 2.93. The van der Waals surface area contributed by atoms with Crippen LogP contribution in [0, 0.1) is 6.92 Å². The molecule has 20 heavy (non-hydrogen) atoms. The molecular formula is C13H16N6O. The molecule has 0 bridgehead atoms. The van der Waals surface area contributed by atoms with Crippen LogP contribution >= 0.6 is 0 Å². The quantitative estimate of drug-likeness (QED) is 0.615. The number of aryl methyl sites for hydroxylation is 1. The van der Waals surface area contributed by atoms with E-state index in [0.717, 1.165) is 23.6 Å². The maximum absolute atomic E-state index is 12.6. The zero-order valence-electron chi connectivity index (χ0n) is 11.2. The van der Waals surface area contributed by atoms with Crippen LogP contribution in [0.1, 0.15) is 21.7 Å². The van der Waals surface area contributed by atoms with Gasteiger partial charge >= 0.3 is 0 Å². The van der Waals surface area contributed by atoms with Crippen molar-refractivity contribution in [2.45, 2.75) is 20.0 Å². The lowest BCUT2D eigenvalue weighted by Crippen LogP contribution is -2.38. The van der Waals surface area contributed by atoms with Crippen LogP contribution in [0.15, 0.2) is 24.5 Å². The topological polar surface area (TPSA) is 89.1 Å². The second-order valence-corrected chi connectivity index (χ2v) is 4.84. The predicted molar refractivity (Wildman–Crippen MR) is 73.8 cm³/mol. The molecule has 0 saturated carbocycles. The van der Waals surface area contributed by atoms with Crippen LogP contribution < -0.4 is 11.3 Å². The number of rotatable bonds is 2. The fourth-order valence-corrected chi connectivity index (χ4v) is 2.40. The van der Waals surface area contributed by atoms with Crippen LogP contribution in [-0.2, 0) is 13.1 Å². The summed E-state index contributed by atoms with van der Waals surface area (Å²) in [5.41, 5.74) is 4.96. The van der Waals surface area contributed by atoms with Gasteiger partial charge in [-0.3, -0.25) is 10.6 Å². The largest absolute Gasteiger partial charge is 0.329 e. The SMILES string of the molecule is Cc1cc(NN)ccc1C(=O)N1CCn2cnnc2C1. The fraction of sp³-hybridized carbons (Fsp3) is 0.308. The van der Waals surface area contributed by atoms with E-state index in [-0.39, 0.29) is 5.91 Å². The number of nitrogens with zero attached hydrogens (tertiary/aromatic N) is 4. The van der Waals surface area contributed by atoms with Crippen molar-refractivity contribution in [2.24, 2.45) is 5.84 Å². The maximum Gasteiger partial charge on any atom is 0.254 e. The Bertz CT molecular complexity index is 650. The summed E-state index contributed by atoms with van der Waals surface area (Å²) in [6, 6.07) is 5.46. The molecule has 0 atom stereocenters. The molecule has 1 aromatic carbocycles. The maximum atomic E-state index is 12.6. The Labute approximate surface area is 116 Å². The summed E-state index contributed by atoms with van der Waals surface area (Å²) in [4.78, 5) is 14.4. The second kappa shape index (κ2) is 4.93. The number of hydrogen-bond acceptors (Lipinski definition) is 5. The van der Waals surface area contributed by atoms with Gasteiger partial charge in [0.2, 0.25) is 0 Å². The first-order valence-corrected chi connectivity index (χ1v) is 6.42. The molecule has 0 aliphatic carbocycles. The van der Waals surface area contributed by atoms with Crippen LogP contribution in [0.3, 0.4) is 0 Å². The molecule has 2 aromatic rings. The third-order valence-corrected chi connectivity index (χ3v) is 3.55. The number of amides is 1. The van der Waals surface area contributed by atoms with E-state index in [0.29, 0.717) is 18.7 Å². The molecule has 1 aromatic heterocycles. The molecule has 3 N–H and O–H groups in total. The molecule has 1 aliphatic rings. The zero-order valence-corrected chi connectivity index (χ0v) is 11.2. The molecule has 0 saturated heterocycles. The Morgan fingerprint density at radius 2 is 2.25 bits per heavy atom. The third-order valence-electron chi connectivity index (χ3n) is 3.55. The molecule has 1 aliphatic heterocycles. The summed E-state index contributed by atoms with van der Waals surface area (Å²) in [6.07, 6.45) is 1.70. The summed E-state index contributed by atoms with van der Waals surface area (Å²) in [5.74, 6) is 6.20. The number of carbonyl (C=O) groups is 1. The number of benzene rings is 1. The molecule has 3 rings (SSSR count). The Balaban J connectivity index is 1.83. The van der Waals surface area contributed by atoms with Gasteiger partial charge in [-0.1, -0.05) is 0 Å². The van der Waals surface area contributed by atoms with Crippen LogP contribution in [0.4, 0.5) is 5.69 Å². The van der Waals surface area contributed by atoms with Gasteiger partial charge in [-0.05, 0) is 30.7 Å². The van der Waals surface area contributed by atoms with E-state index < -0.39 is 0 Å². The summed E-state index contributed by atoms with van der Waals surface area (Å²) in [5, 5.41) is 7.89. The minimum absolute atomic E-state index is 0.0142. The highest BCUT2D eigenvalue weighted by atomic mass is 16.2. The monoisotopic (exact) mass is 272 g/mol. The van der Waals surface area contributed by atoms with E-state index in [1.165, 1.54) is 0 Å². The molecule has 2 heterocycles. The predicted octanol–water partition coefficient (Wildman–Crippen LogP) is 0.528. The van der Waals surface area contributed by atoms with Gasteiger partial charge in [0.05, 0.1) is 6.54 Å². The molecule has 7 heteroatoms. The fourth-order valence-electron chi connectivity index (χ4n) is 2.40. The van der Waals surface area contributed by atoms with Gasteiger partial charge in [0.1, 0.15) is 6.33 Å². The first-order valence-electron chi connectivity index (χ1n) is 6.42. The van der Waals surface area contributed by atoms with E-state index in [9.17, 15) is 4.79 Å². The second-order valence-electron chi connectivity index (χ2n) is 4.84. The van der Waals surface area contributed by atoms with E-state index in [1.807, 2.05) is 17.6 Å². The van der Waals surface area contributed by atoms with E-state index >= 15 is 0 Å². The van der Waals surface area contributed by atoms with Crippen LogP contribution in [-0.4, -0.2) is 32.1 Å². The van der Waals surface area contributed by atoms with Crippen molar-refractivity contribution >= 4 is 11.6 Å². The standard InChI is InChI=1S/C13H16N6O/c1-9-6-10(16-14)2-3-11(9)13(20)18-4-5-19-8-15-17-12(19)7-18/h2-3,6,8,16H,4-5,7,14H2,1H3. The van der Waals surface area contributed by atoms with Crippen molar-refractivity contribution in [1.82, 2.24) is 19.7 Å². The Morgan fingerprint density at radius 1 is 1.40 bits per heavy atom. The van der Waals surface area contributed by atoms with Gasteiger partial charge in [-0.15, -0.1) is 10.2 Å². The first-order chi connectivity index (χ1) is 9.69. The number of carbonyl (C=O) groups excluding carboxylic acids is 1. The van der Waals surface area contributed by atoms with E-state index in [2.05, 4.69) is 15.6 Å². The van der Waals surface area contributed by atoms with Gasteiger partial charge < -0.3 is 14.9 Å². The minimum Gasteiger partial charge on any atom is -0.329 e. The van der Waals surface area contributed by atoms with Gasteiger partial charge in [0.15, 0.2) is 5.82 Å². The average molecular weight is 272 g/mol. The minimum atomic E-state index is 0.0142. The molecular weight excluding hydrogens is 256 g/mol. The van der Waals surface area contributed by atoms with Gasteiger partial charge in [0, 0.05) is 24.3 Å². The molecule has 0 radical (unpaired) electrons. The number of nitrogens with two attached hydrogens (primary N) is 1. The van der Waals surface area contributed by atoms with Crippen molar-refractivity contribution in [3.8, 4) is 0 Å². The van der Waals surface area contributed by atoms with Crippen molar-refractivity contribution in [3.63, 3.8) is 0 Å². The Kier molecular flexibility index (Phi) is 3.11. The van der Waals surface area contributed by atoms with Crippen LogP contribution in [0.5, 0.6) is 0 Å². The third kappa shape index (κ3) is 2.12. The molecule has 0 spiro atoms. The lowest BCUT2D eigenvalue weighted by atomic mass is 10.1. The van der Waals surface area contributed by atoms with Crippen molar-refractivity contribution in [1.29, 1.82) is 0 Å². The molecule has 1 amide bonds. The number of nitrogen functional groups attached to an aromatic ring is 1. The lowest BCUT2D eigenvalue weighted by Gasteiger charge is -2.27. The number of hydrazine groups is 1.